The second-order valence-electron chi connectivity index (χ2n) is 8.76. The van der Waals surface area contributed by atoms with Gasteiger partial charge in [-0.25, -0.2) is 4.98 Å². The van der Waals surface area contributed by atoms with E-state index in [0.29, 0.717) is 50.4 Å². The standard InChI is InChI=1S/C25H26N4O3/c1-16-21-7-6-19(14-20(21)15-22(26)27-16)17-2-4-18(5-3-17)23(30)28-10-12-29(13-11-28)24(31)25(32)8-9-25/h2-7,14-15,32H,8-13H2,1H3,(H2,26,27). The van der Waals surface area contributed by atoms with Crippen LogP contribution in [0.4, 0.5) is 5.82 Å². The van der Waals surface area contributed by atoms with Gasteiger partial charge in [0.2, 0.25) is 0 Å². The van der Waals surface area contributed by atoms with E-state index in [0.717, 1.165) is 27.6 Å². The topological polar surface area (TPSA) is 99.8 Å². The van der Waals surface area contributed by atoms with Crippen LogP contribution < -0.4 is 5.73 Å². The number of aliphatic hydroxyl groups is 1. The van der Waals surface area contributed by atoms with Crippen molar-refractivity contribution < 1.29 is 14.7 Å². The van der Waals surface area contributed by atoms with E-state index in [4.69, 9.17) is 5.73 Å². The summed E-state index contributed by atoms with van der Waals surface area (Å²) in [5.41, 5.74) is 8.35. The molecule has 5 rings (SSSR count). The molecule has 0 bridgehead atoms. The normalized spacial score (nSPS) is 17.4. The number of aryl methyl sites for hydroxylation is 1. The Morgan fingerprint density at radius 1 is 0.938 bits per heavy atom. The number of hydrogen-bond donors (Lipinski definition) is 2. The number of carbonyl (C=O) groups is 2. The molecular weight excluding hydrogens is 404 g/mol. The Balaban J connectivity index is 1.28. The number of pyridine rings is 1. The Hall–Kier alpha value is -3.45. The molecule has 0 radical (unpaired) electrons. The van der Waals surface area contributed by atoms with Crippen molar-refractivity contribution >= 4 is 28.4 Å². The molecule has 1 saturated heterocycles. The second kappa shape index (κ2) is 7.60. The van der Waals surface area contributed by atoms with E-state index in [9.17, 15) is 14.7 Å². The molecule has 1 aliphatic carbocycles. The average Bonchev–Trinajstić information content (AvgIpc) is 3.56. The molecule has 7 nitrogen and oxygen atoms in total. The summed E-state index contributed by atoms with van der Waals surface area (Å²) in [5.74, 6) is 0.264. The number of anilines is 1. The lowest BCUT2D eigenvalue weighted by molar-refractivity contribution is -0.143. The van der Waals surface area contributed by atoms with Crippen molar-refractivity contribution in [3.05, 3.63) is 59.8 Å². The van der Waals surface area contributed by atoms with Crippen LogP contribution in [0.3, 0.4) is 0 Å². The van der Waals surface area contributed by atoms with Gasteiger partial charge >= 0.3 is 0 Å². The number of piperazine rings is 1. The third-order valence-electron chi connectivity index (χ3n) is 6.48. The fraction of sp³-hybridized carbons (Fsp3) is 0.320. The Bertz CT molecular complexity index is 1210. The minimum atomic E-state index is -1.15. The molecule has 1 aliphatic heterocycles. The maximum atomic E-state index is 12.9. The molecule has 2 amide bonds. The van der Waals surface area contributed by atoms with Crippen LogP contribution in [-0.2, 0) is 4.79 Å². The van der Waals surface area contributed by atoms with Gasteiger partial charge in [-0.3, -0.25) is 9.59 Å². The monoisotopic (exact) mass is 430 g/mol. The highest BCUT2D eigenvalue weighted by Gasteiger charge is 2.50. The van der Waals surface area contributed by atoms with Gasteiger partial charge < -0.3 is 20.6 Å². The summed E-state index contributed by atoms with van der Waals surface area (Å²) in [4.78, 5) is 33.0. The first-order valence-electron chi connectivity index (χ1n) is 10.9. The number of fused-ring (bicyclic) bond motifs is 1. The average molecular weight is 431 g/mol. The van der Waals surface area contributed by atoms with E-state index in [1.807, 2.05) is 49.4 Å². The Morgan fingerprint density at radius 2 is 1.56 bits per heavy atom. The zero-order valence-corrected chi connectivity index (χ0v) is 18.0. The Labute approximate surface area is 186 Å². The summed E-state index contributed by atoms with van der Waals surface area (Å²) in [6.07, 6.45) is 1.08. The van der Waals surface area contributed by atoms with Crippen LogP contribution in [0, 0.1) is 6.92 Å². The second-order valence-corrected chi connectivity index (χ2v) is 8.76. The molecule has 0 atom stereocenters. The van der Waals surface area contributed by atoms with E-state index in [2.05, 4.69) is 11.1 Å². The lowest BCUT2D eigenvalue weighted by Gasteiger charge is -2.35. The number of nitrogen functional groups attached to an aromatic ring is 1. The van der Waals surface area contributed by atoms with Gasteiger partial charge in [-0.1, -0.05) is 24.3 Å². The van der Waals surface area contributed by atoms with E-state index < -0.39 is 5.60 Å². The van der Waals surface area contributed by atoms with Crippen molar-refractivity contribution in [2.45, 2.75) is 25.4 Å². The zero-order valence-electron chi connectivity index (χ0n) is 18.0. The maximum absolute atomic E-state index is 12.9. The molecule has 2 aromatic carbocycles. The van der Waals surface area contributed by atoms with Crippen LogP contribution >= 0.6 is 0 Å². The highest BCUT2D eigenvalue weighted by Crippen LogP contribution is 2.37. The number of nitrogens with two attached hydrogens (primary N) is 1. The molecular formula is C25H26N4O3. The first-order valence-corrected chi connectivity index (χ1v) is 10.9. The number of amides is 2. The van der Waals surface area contributed by atoms with Gasteiger partial charge in [0.25, 0.3) is 11.8 Å². The van der Waals surface area contributed by atoms with Crippen LogP contribution in [0.15, 0.2) is 48.5 Å². The number of hydrogen-bond acceptors (Lipinski definition) is 5. The minimum absolute atomic E-state index is 0.0400. The summed E-state index contributed by atoms with van der Waals surface area (Å²) in [6, 6.07) is 15.6. The molecule has 0 spiro atoms. The quantitative estimate of drug-likeness (QED) is 0.665. The first-order chi connectivity index (χ1) is 15.3. The summed E-state index contributed by atoms with van der Waals surface area (Å²) < 4.78 is 0. The van der Waals surface area contributed by atoms with Gasteiger partial charge in [-0.05, 0) is 60.5 Å². The van der Waals surface area contributed by atoms with Crippen LogP contribution in [0.5, 0.6) is 0 Å². The van der Waals surface area contributed by atoms with Crippen LogP contribution in [0.25, 0.3) is 21.9 Å². The van der Waals surface area contributed by atoms with Gasteiger partial charge in [0.05, 0.1) is 0 Å². The number of aromatic nitrogens is 1. The van der Waals surface area contributed by atoms with E-state index >= 15 is 0 Å². The molecule has 1 aromatic heterocycles. The van der Waals surface area contributed by atoms with Crippen molar-refractivity contribution in [1.29, 1.82) is 0 Å². The molecule has 2 aliphatic rings. The third-order valence-corrected chi connectivity index (χ3v) is 6.48. The third kappa shape index (κ3) is 3.69. The van der Waals surface area contributed by atoms with E-state index in [1.54, 1.807) is 9.80 Å². The van der Waals surface area contributed by atoms with E-state index in [1.165, 1.54) is 0 Å². The summed E-state index contributed by atoms with van der Waals surface area (Å²) >= 11 is 0. The SMILES string of the molecule is Cc1nc(N)cc2cc(-c3ccc(C(=O)N4CCN(C(=O)C5(O)CC5)CC4)cc3)ccc12. The molecule has 0 unspecified atom stereocenters. The highest BCUT2D eigenvalue weighted by atomic mass is 16.3. The molecule has 3 aromatic rings. The van der Waals surface area contributed by atoms with Crippen molar-refractivity contribution in [2.24, 2.45) is 0 Å². The van der Waals surface area contributed by atoms with Crippen molar-refractivity contribution in [1.82, 2.24) is 14.8 Å². The lowest BCUT2D eigenvalue weighted by atomic mass is 9.99. The zero-order chi connectivity index (χ0) is 22.5. The van der Waals surface area contributed by atoms with Gasteiger partial charge in [-0.15, -0.1) is 0 Å². The van der Waals surface area contributed by atoms with Gasteiger partial charge in [0.15, 0.2) is 0 Å². The van der Waals surface area contributed by atoms with Crippen molar-refractivity contribution in [3.63, 3.8) is 0 Å². The Kier molecular flexibility index (Phi) is 4.86. The fourth-order valence-corrected chi connectivity index (χ4v) is 4.36. The summed E-state index contributed by atoms with van der Waals surface area (Å²) in [6.45, 7) is 3.81. The molecule has 164 valence electrons. The van der Waals surface area contributed by atoms with Gasteiger partial charge in [-0.2, -0.15) is 0 Å². The molecule has 2 heterocycles. The largest absolute Gasteiger partial charge is 0.384 e. The number of carbonyl (C=O) groups excluding carboxylic acids is 2. The summed E-state index contributed by atoms with van der Waals surface area (Å²) in [5, 5.41) is 12.1. The predicted octanol–water partition coefficient (Wildman–Crippen LogP) is 2.60. The predicted molar refractivity (Wildman–Crippen MR) is 123 cm³/mol. The molecule has 7 heteroatoms. The smallest absolute Gasteiger partial charge is 0.254 e. The first kappa shape index (κ1) is 20.5. The van der Waals surface area contributed by atoms with Crippen LogP contribution in [0.2, 0.25) is 0 Å². The Morgan fingerprint density at radius 3 is 2.22 bits per heavy atom. The number of nitrogens with zero attached hydrogens (tertiary/aromatic N) is 3. The number of rotatable bonds is 3. The van der Waals surface area contributed by atoms with E-state index in [-0.39, 0.29) is 11.8 Å². The molecule has 3 N–H and O–H groups in total. The molecule has 32 heavy (non-hydrogen) atoms. The van der Waals surface area contributed by atoms with Gasteiger partial charge in [0.1, 0.15) is 11.4 Å². The van der Waals surface area contributed by atoms with Crippen LogP contribution in [0.1, 0.15) is 28.9 Å². The number of benzene rings is 2. The molecule has 2 fully saturated rings. The van der Waals surface area contributed by atoms with Crippen molar-refractivity contribution in [3.8, 4) is 11.1 Å². The lowest BCUT2D eigenvalue weighted by Crippen LogP contribution is -2.53. The highest BCUT2D eigenvalue weighted by molar-refractivity contribution is 5.96. The van der Waals surface area contributed by atoms with Gasteiger partial charge in [0, 0.05) is 42.8 Å². The molecule has 1 saturated carbocycles. The van der Waals surface area contributed by atoms with Crippen molar-refractivity contribution in [2.75, 3.05) is 31.9 Å². The maximum Gasteiger partial charge on any atom is 0.254 e. The van der Waals surface area contributed by atoms with Crippen LogP contribution in [-0.4, -0.2) is 63.5 Å². The summed E-state index contributed by atoms with van der Waals surface area (Å²) in [7, 11) is 0. The fourth-order valence-electron chi connectivity index (χ4n) is 4.36. The minimum Gasteiger partial charge on any atom is -0.384 e.